The second-order valence-electron chi connectivity index (χ2n) is 5.13. The van der Waals surface area contributed by atoms with Gasteiger partial charge >= 0.3 is 0 Å². The fourth-order valence-corrected chi connectivity index (χ4v) is 2.83. The first-order valence-corrected chi connectivity index (χ1v) is 6.58. The summed E-state index contributed by atoms with van der Waals surface area (Å²) in [5.74, 6) is 0.611. The Bertz CT molecular complexity index is 386. The quantitative estimate of drug-likeness (QED) is 0.835. The highest BCUT2D eigenvalue weighted by molar-refractivity contribution is 6.31. The molecule has 1 aromatic carbocycles. The third-order valence-corrected chi connectivity index (χ3v) is 4.13. The van der Waals surface area contributed by atoms with Crippen LogP contribution in [0.5, 0.6) is 0 Å². The van der Waals surface area contributed by atoms with Gasteiger partial charge in [-0.1, -0.05) is 31.4 Å². The minimum atomic E-state index is -0.634. The van der Waals surface area contributed by atoms with Crippen LogP contribution in [0.25, 0.3) is 0 Å². The monoisotopic (exact) mass is 256 g/mol. The molecule has 0 radical (unpaired) electrons. The van der Waals surface area contributed by atoms with Crippen molar-refractivity contribution in [3.8, 4) is 0 Å². The maximum atomic E-state index is 13.2. The van der Waals surface area contributed by atoms with Crippen molar-refractivity contribution in [1.29, 1.82) is 0 Å². The van der Waals surface area contributed by atoms with Crippen LogP contribution in [0.3, 0.4) is 0 Å². The molecule has 1 fully saturated rings. The summed E-state index contributed by atoms with van der Waals surface area (Å²) in [4.78, 5) is 0. The smallest absolute Gasteiger partial charge is 0.123 e. The van der Waals surface area contributed by atoms with Crippen molar-refractivity contribution in [1.82, 2.24) is 0 Å². The van der Waals surface area contributed by atoms with Gasteiger partial charge in [-0.3, -0.25) is 0 Å². The van der Waals surface area contributed by atoms with Gasteiger partial charge in [0.2, 0.25) is 0 Å². The summed E-state index contributed by atoms with van der Waals surface area (Å²) in [6, 6.07) is 4.19. The van der Waals surface area contributed by atoms with E-state index in [0.717, 1.165) is 31.6 Å². The highest BCUT2D eigenvalue weighted by Crippen LogP contribution is 2.38. The summed E-state index contributed by atoms with van der Waals surface area (Å²) in [7, 11) is 0. The van der Waals surface area contributed by atoms with Gasteiger partial charge in [-0.05, 0) is 42.9 Å². The fraction of sp³-hybridized carbons (Fsp3) is 0.571. The third kappa shape index (κ3) is 2.99. The first kappa shape index (κ1) is 12.8. The van der Waals surface area contributed by atoms with Gasteiger partial charge in [0.05, 0.1) is 6.10 Å². The van der Waals surface area contributed by atoms with E-state index in [9.17, 15) is 9.50 Å². The molecule has 94 valence electrons. The second-order valence-corrected chi connectivity index (χ2v) is 5.54. The Kier molecular flexibility index (Phi) is 4.05. The van der Waals surface area contributed by atoms with Gasteiger partial charge in [0.15, 0.2) is 0 Å². The Morgan fingerprint density at radius 1 is 1.29 bits per heavy atom. The molecular weight excluding hydrogens is 239 g/mol. The molecule has 0 amide bonds. The molecule has 0 heterocycles. The average molecular weight is 257 g/mol. The lowest BCUT2D eigenvalue weighted by molar-refractivity contribution is 0.0754. The SMILES string of the molecule is CC1CCC(C(O)c2cc(F)ccc2Cl)CC1. The molecule has 2 rings (SSSR count). The lowest BCUT2D eigenvalue weighted by Crippen LogP contribution is -2.19. The Hall–Kier alpha value is -0.600. The Balaban J connectivity index is 2.13. The molecule has 1 aliphatic carbocycles. The van der Waals surface area contributed by atoms with E-state index in [1.165, 1.54) is 18.2 Å². The van der Waals surface area contributed by atoms with Crippen molar-refractivity contribution < 1.29 is 9.50 Å². The summed E-state index contributed by atoms with van der Waals surface area (Å²) in [5.41, 5.74) is 0.534. The molecule has 1 unspecified atom stereocenters. The molecule has 1 nitrogen and oxygen atoms in total. The Morgan fingerprint density at radius 3 is 2.59 bits per heavy atom. The molecule has 1 atom stereocenters. The number of aliphatic hydroxyl groups excluding tert-OH is 1. The van der Waals surface area contributed by atoms with Crippen LogP contribution in [-0.4, -0.2) is 5.11 Å². The summed E-state index contributed by atoms with van der Waals surface area (Å²) in [6.45, 7) is 2.23. The van der Waals surface area contributed by atoms with Gasteiger partial charge < -0.3 is 5.11 Å². The molecule has 0 aliphatic heterocycles. The molecule has 0 saturated heterocycles. The van der Waals surface area contributed by atoms with Crippen LogP contribution in [0.15, 0.2) is 18.2 Å². The van der Waals surface area contributed by atoms with Gasteiger partial charge in [-0.15, -0.1) is 0 Å². The summed E-state index contributed by atoms with van der Waals surface area (Å²) >= 11 is 6.01. The predicted octanol–water partition coefficient (Wildman–Crippen LogP) is 4.34. The lowest BCUT2D eigenvalue weighted by atomic mass is 9.78. The summed E-state index contributed by atoms with van der Waals surface area (Å²) < 4.78 is 13.2. The largest absolute Gasteiger partial charge is 0.388 e. The van der Waals surface area contributed by atoms with E-state index in [-0.39, 0.29) is 11.7 Å². The number of hydrogen-bond donors (Lipinski definition) is 1. The van der Waals surface area contributed by atoms with Crippen molar-refractivity contribution >= 4 is 11.6 Å². The second kappa shape index (κ2) is 5.36. The van der Waals surface area contributed by atoms with Gasteiger partial charge in [0, 0.05) is 10.6 Å². The van der Waals surface area contributed by atoms with E-state index in [4.69, 9.17) is 11.6 Å². The van der Waals surface area contributed by atoms with Gasteiger partial charge in [0.1, 0.15) is 5.82 Å². The van der Waals surface area contributed by atoms with E-state index in [0.29, 0.717) is 10.6 Å². The zero-order valence-corrected chi connectivity index (χ0v) is 10.8. The highest BCUT2D eigenvalue weighted by Gasteiger charge is 2.27. The van der Waals surface area contributed by atoms with Crippen LogP contribution in [0, 0.1) is 17.7 Å². The summed E-state index contributed by atoms with van der Waals surface area (Å²) in [5, 5.41) is 10.7. The van der Waals surface area contributed by atoms with Gasteiger partial charge in [0.25, 0.3) is 0 Å². The molecule has 0 spiro atoms. The van der Waals surface area contributed by atoms with Crippen molar-refractivity contribution in [2.45, 2.75) is 38.7 Å². The molecule has 1 saturated carbocycles. The van der Waals surface area contributed by atoms with Gasteiger partial charge in [-0.25, -0.2) is 4.39 Å². The normalized spacial score (nSPS) is 26.8. The number of aliphatic hydroxyl groups is 1. The maximum absolute atomic E-state index is 13.2. The minimum Gasteiger partial charge on any atom is -0.388 e. The van der Waals surface area contributed by atoms with Crippen molar-refractivity contribution in [2.24, 2.45) is 11.8 Å². The number of hydrogen-bond acceptors (Lipinski definition) is 1. The predicted molar refractivity (Wildman–Crippen MR) is 67.5 cm³/mol. The minimum absolute atomic E-state index is 0.213. The van der Waals surface area contributed by atoms with E-state index < -0.39 is 6.10 Å². The zero-order chi connectivity index (χ0) is 12.4. The average Bonchev–Trinajstić information content (AvgIpc) is 2.32. The maximum Gasteiger partial charge on any atom is 0.123 e. The van der Waals surface area contributed by atoms with Crippen molar-refractivity contribution in [3.63, 3.8) is 0 Å². The van der Waals surface area contributed by atoms with E-state index in [1.54, 1.807) is 0 Å². The lowest BCUT2D eigenvalue weighted by Gasteiger charge is -2.30. The zero-order valence-electron chi connectivity index (χ0n) is 10.00. The summed E-state index contributed by atoms with van der Waals surface area (Å²) in [6.07, 6.45) is 3.62. The topological polar surface area (TPSA) is 20.2 Å². The van der Waals surface area contributed by atoms with E-state index >= 15 is 0 Å². The van der Waals surface area contributed by atoms with Crippen molar-refractivity contribution in [3.05, 3.63) is 34.6 Å². The molecule has 1 aliphatic rings. The van der Waals surface area contributed by atoms with Crippen LogP contribution in [-0.2, 0) is 0 Å². The van der Waals surface area contributed by atoms with Crippen molar-refractivity contribution in [2.75, 3.05) is 0 Å². The number of rotatable bonds is 2. The van der Waals surface area contributed by atoms with Crippen LogP contribution in [0.2, 0.25) is 5.02 Å². The Labute approximate surface area is 107 Å². The number of benzene rings is 1. The molecule has 1 N–H and O–H groups in total. The molecule has 17 heavy (non-hydrogen) atoms. The van der Waals surface area contributed by atoms with Crippen LogP contribution >= 0.6 is 11.6 Å². The fourth-order valence-electron chi connectivity index (χ4n) is 2.60. The van der Waals surface area contributed by atoms with Gasteiger partial charge in [-0.2, -0.15) is 0 Å². The first-order valence-electron chi connectivity index (χ1n) is 6.21. The van der Waals surface area contributed by atoms with Crippen LogP contribution < -0.4 is 0 Å². The molecule has 0 bridgehead atoms. The molecular formula is C14H18ClFO. The molecule has 1 aromatic rings. The molecule has 3 heteroatoms. The van der Waals surface area contributed by atoms with Crippen LogP contribution in [0.1, 0.15) is 44.3 Å². The van der Waals surface area contributed by atoms with Crippen LogP contribution in [0.4, 0.5) is 4.39 Å². The van der Waals surface area contributed by atoms with E-state index in [2.05, 4.69) is 6.92 Å². The standard InChI is InChI=1S/C14H18ClFO/c1-9-2-4-10(5-3-9)14(17)12-8-11(16)6-7-13(12)15/h6-10,14,17H,2-5H2,1H3. The molecule has 0 aromatic heterocycles. The Morgan fingerprint density at radius 2 is 1.94 bits per heavy atom. The highest BCUT2D eigenvalue weighted by atomic mass is 35.5. The third-order valence-electron chi connectivity index (χ3n) is 3.78. The first-order chi connectivity index (χ1) is 8.08. The number of halogens is 2. The van der Waals surface area contributed by atoms with E-state index in [1.807, 2.05) is 0 Å².